The Kier molecular flexibility index (Phi) is 5.93. The molecule has 0 radical (unpaired) electrons. The van der Waals surface area contributed by atoms with Gasteiger partial charge in [0.15, 0.2) is 0 Å². The van der Waals surface area contributed by atoms with Crippen molar-refractivity contribution >= 4 is 29.1 Å². The predicted octanol–water partition coefficient (Wildman–Crippen LogP) is 1.90. The minimum atomic E-state index is -0.773. The molecule has 7 nitrogen and oxygen atoms in total. The zero-order chi connectivity index (χ0) is 20.1. The molecule has 7 heteroatoms. The molecule has 1 aliphatic carbocycles. The summed E-state index contributed by atoms with van der Waals surface area (Å²) in [5.41, 5.74) is 2.80. The summed E-state index contributed by atoms with van der Waals surface area (Å²) in [5, 5.41) is 8.01. The first kappa shape index (κ1) is 19.4. The molecule has 0 heterocycles. The van der Waals surface area contributed by atoms with Crippen molar-refractivity contribution in [2.45, 2.75) is 25.4 Å². The maximum absolute atomic E-state index is 12.1. The van der Waals surface area contributed by atoms with Gasteiger partial charge in [-0.15, -0.1) is 0 Å². The lowest BCUT2D eigenvalue weighted by atomic mass is 10.2. The Morgan fingerprint density at radius 2 is 1.71 bits per heavy atom. The normalized spacial score (nSPS) is 12.8. The van der Waals surface area contributed by atoms with E-state index >= 15 is 0 Å². The molecule has 0 spiro atoms. The first-order valence-electron chi connectivity index (χ1n) is 9.19. The standard InChI is InChI=1S/C21H24N4O3/c1-25(2)18-10-6-14(7-11-18)13-22-20(27)21(28)24-17-5-3-4-15(12-17)19(26)23-16-8-9-16/h3-7,10-12,16H,8-9,13H2,1-2H3,(H,22,27)(H,23,26)(H,24,28). The number of benzene rings is 2. The third-order valence-electron chi connectivity index (χ3n) is 4.41. The van der Waals surface area contributed by atoms with Gasteiger partial charge < -0.3 is 20.9 Å². The summed E-state index contributed by atoms with van der Waals surface area (Å²) in [6.45, 7) is 0.254. The van der Waals surface area contributed by atoms with Gasteiger partial charge in [-0.2, -0.15) is 0 Å². The highest BCUT2D eigenvalue weighted by molar-refractivity contribution is 6.39. The Balaban J connectivity index is 1.52. The Labute approximate surface area is 164 Å². The minimum Gasteiger partial charge on any atom is -0.378 e. The molecule has 3 rings (SSSR count). The van der Waals surface area contributed by atoms with Gasteiger partial charge in [0.05, 0.1) is 0 Å². The largest absolute Gasteiger partial charge is 0.378 e. The van der Waals surface area contributed by atoms with E-state index in [4.69, 9.17) is 0 Å². The van der Waals surface area contributed by atoms with Crippen LogP contribution in [0, 0.1) is 0 Å². The van der Waals surface area contributed by atoms with Gasteiger partial charge in [-0.1, -0.05) is 18.2 Å². The van der Waals surface area contributed by atoms with Crippen LogP contribution in [0.25, 0.3) is 0 Å². The Hall–Kier alpha value is -3.35. The van der Waals surface area contributed by atoms with E-state index in [0.717, 1.165) is 24.1 Å². The second-order valence-electron chi connectivity index (χ2n) is 7.03. The molecule has 146 valence electrons. The summed E-state index contributed by atoms with van der Waals surface area (Å²) in [5.74, 6) is -1.68. The van der Waals surface area contributed by atoms with Crippen LogP contribution in [-0.4, -0.2) is 37.9 Å². The van der Waals surface area contributed by atoms with Crippen molar-refractivity contribution in [1.82, 2.24) is 10.6 Å². The molecule has 3 N–H and O–H groups in total. The van der Waals surface area contributed by atoms with Gasteiger partial charge in [-0.05, 0) is 48.7 Å². The van der Waals surface area contributed by atoms with Crippen LogP contribution >= 0.6 is 0 Å². The van der Waals surface area contributed by atoms with Crippen LogP contribution in [0.3, 0.4) is 0 Å². The number of hydrogen-bond donors (Lipinski definition) is 3. The zero-order valence-corrected chi connectivity index (χ0v) is 16.0. The van der Waals surface area contributed by atoms with Crippen molar-refractivity contribution in [1.29, 1.82) is 0 Å². The van der Waals surface area contributed by atoms with E-state index in [0.29, 0.717) is 11.3 Å². The smallest absolute Gasteiger partial charge is 0.313 e. The molecule has 2 aromatic carbocycles. The molecule has 0 unspecified atom stereocenters. The monoisotopic (exact) mass is 380 g/mol. The van der Waals surface area contributed by atoms with Crippen LogP contribution < -0.4 is 20.9 Å². The first-order valence-corrected chi connectivity index (χ1v) is 9.19. The van der Waals surface area contributed by atoms with E-state index < -0.39 is 11.8 Å². The quantitative estimate of drug-likeness (QED) is 0.668. The van der Waals surface area contributed by atoms with E-state index in [-0.39, 0.29) is 18.5 Å². The fourth-order valence-corrected chi connectivity index (χ4v) is 2.60. The highest BCUT2D eigenvalue weighted by Gasteiger charge is 2.24. The fourth-order valence-electron chi connectivity index (χ4n) is 2.60. The van der Waals surface area contributed by atoms with Crippen molar-refractivity contribution in [2.75, 3.05) is 24.3 Å². The van der Waals surface area contributed by atoms with Gasteiger partial charge in [0.2, 0.25) is 0 Å². The number of nitrogens with zero attached hydrogens (tertiary/aromatic N) is 1. The summed E-state index contributed by atoms with van der Waals surface area (Å²) in [4.78, 5) is 38.2. The molecule has 1 fully saturated rings. The first-order chi connectivity index (χ1) is 13.4. The van der Waals surface area contributed by atoms with Crippen molar-refractivity contribution in [3.63, 3.8) is 0 Å². The highest BCUT2D eigenvalue weighted by atomic mass is 16.2. The maximum Gasteiger partial charge on any atom is 0.313 e. The number of anilines is 2. The third kappa shape index (κ3) is 5.33. The van der Waals surface area contributed by atoms with E-state index in [2.05, 4.69) is 16.0 Å². The number of carbonyl (C=O) groups is 3. The molecule has 0 aromatic heterocycles. The summed E-state index contributed by atoms with van der Waals surface area (Å²) in [6.07, 6.45) is 2.00. The number of rotatable bonds is 6. The van der Waals surface area contributed by atoms with Gasteiger partial charge in [0, 0.05) is 43.6 Å². The molecule has 1 aliphatic rings. The van der Waals surface area contributed by atoms with Gasteiger partial charge in [-0.3, -0.25) is 14.4 Å². The molecule has 28 heavy (non-hydrogen) atoms. The van der Waals surface area contributed by atoms with Crippen LogP contribution in [-0.2, 0) is 16.1 Å². The molecular weight excluding hydrogens is 356 g/mol. The zero-order valence-electron chi connectivity index (χ0n) is 16.0. The van der Waals surface area contributed by atoms with E-state index in [9.17, 15) is 14.4 Å². The van der Waals surface area contributed by atoms with Gasteiger partial charge >= 0.3 is 11.8 Å². The molecule has 3 amide bonds. The van der Waals surface area contributed by atoms with Crippen molar-refractivity contribution in [3.8, 4) is 0 Å². The number of nitrogens with one attached hydrogen (secondary N) is 3. The number of carbonyl (C=O) groups excluding carboxylic acids is 3. The number of amides is 3. The summed E-state index contributed by atoms with van der Waals surface area (Å²) >= 11 is 0. The highest BCUT2D eigenvalue weighted by Crippen LogP contribution is 2.20. The second-order valence-corrected chi connectivity index (χ2v) is 7.03. The average Bonchev–Trinajstić information content (AvgIpc) is 3.50. The molecule has 0 aliphatic heterocycles. The van der Waals surface area contributed by atoms with Crippen LogP contribution in [0.5, 0.6) is 0 Å². The average molecular weight is 380 g/mol. The molecule has 1 saturated carbocycles. The fraction of sp³-hybridized carbons (Fsp3) is 0.286. The lowest BCUT2D eigenvalue weighted by Crippen LogP contribution is -2.35. The lowest BCUT2D eigenvalue weighted by molar-refractivity contribution is -0.136. The van der Waals surface area contributed by atoms with Crippen LogP contribution in [0.15, 0.2) is 48.5 Å². The summed E-state index contributed by atoms with van der Waals surface area (Å²) in [6, 6.07) is 14.5. The summed E-state index contributed by atoms with van der Waals surface area (Å²) < 4.78 is 0. The van der Waals surface area contributed by atoms with Gasteiger partial charge in [0.1, 0.15) is 0 Å². The van der Waals surface area contributed by atoms with Gasteiger partial charge in [0.25, 0.3) is 5.91 Å². The van der Waals surface area contributed by atoms with Gasteiger partial charge in [-0.25, -0.2) is 0 Å². The summed E-state index contributed by atoms with van der Waals surface area (Å²) in [7, 11) is 3.90. The third-order valence-corrected chi connectivity index (χ3v) is 4.41. The Bertz CT molecular complexity index is 873. The molecule has 0 saturated heterocycles. The van der Waals surface area contributed by atoms with Crippen LogP contribution in [0.4, 0.5) is 11.4 Å². The molecule has 0 bridgehead atoms. The van der Waals surface area contributed by atoms with E-state index in [1.807, 2.05) is 43.3 Å². The van der Waals surface area contributed by atoms with Crippen LogP contribution in [0.2, 0.25) is 0 Å². The predicted molar refractivity (Wildman–Crippen MR) is 108 cm³/mol. The minimum absolute atomic E-state index is 0.177. The van der Waals surface area contributed by atoms with Crippen LogP contribution in [0.1, 0.15) is 28.8 Å². The second kappa shape index (κ2) is 8.56. The van der Waals surface area contributed by atoms with Crippen molar-refractivity contribution in [2.24, 2.45) is 0 Å². The molecular formula is C21H24N4O3. The Morgan fingerprint density at radius 1 is 1.00 bits per heavy atom. The number of hydrogen-bond acceptors (Lipinski definition) is 4. The van der Waals surface area contributed by atoms with Crippen molar-refractivity contribution < 1.29 is 14.4 Å². The van der Waals surface area contributed by atoms with Crippen molar-refractivity contribution in [3.05, 3.63) is 59.7 Å². The Morgan fingerprint density at radius 3 is 2.36 bits per heavy atom. The van der Waals surface area contributed by atoms with E-state index in [1.54, 1.807) is 24.3 Å². The maximum atomic E-state index is 12.1. The topological polar surface area (TPSA) is 90.5 Å². The SMILES string of the molecule is CN(C)c1ccc(CNC(=O)C(=O)Nc2cccc(C(=O)NC3CC3)c2)cc1. The molecule has 0 atom stereocenters. The lowest BCUT2D eigenvalue weighted by Gasteiger charge is -2.13. The molecule has 2 aromatic rings. The van der Waals surface area contributed by atoms with E-state index in [1.165, 1.54) is 0 Å².